The summed E-state index contributed by atoms with van der Waals surface area (Å²) in [5.41, 5.74) is 0. The molecule has 4 heteroatoms. The van der Waals surface area contributed by atoms with E-state index >= 15 is 0 Å². The molecular weight excluding hydrogens is 202 g/mol. The van der Waals surface area contributed by atoms with Crippen molar-refractivity contribution in [3.05, 3.63) is 0 Å². The molecule has 0 spiro atoms. The molecule has 0 radical (unpaired) electrons. The van der Waals surface area contributed by atoms with E-state index in [0.717, 1.165) is 13.0 Å². The van der Waals surface area contributed by atoms with Crippen LogP contribution in [0.25, 0.3) is 0 Å². The molecule has 0 aromatic carbocycles. The summed E-state index contributed by atoms with van der Waals surface area (Å²) >= 11 is 0. The van der Waals surface area contributed by atoms with Gasteiger partial charge in [0.15, 0.2) is 0 Å². The molecule has 0 aliphatic carbocycles. The van der Waals surface area contributed by atoms with Gasteiger partial charge < -0.3 is 10.1 Å². The highest BCUT2D eigenvalue weighted by Crippen LogP contribution is 2.11. The maximum Gasteiger partial charge on any atom is 0.305 e. The molecule has 0 aromatic heterocycles. The summed E-state index contributed by atoms with van der Waals surface area (Å²) in [6.07, 6.45) is 5.26. The first-order valence-corrected chi connectivity index (χ1v) is 5.22. The minimum atomic E-state index is -0.0603. The topological polar surface area (TPSA) is 38.3 Å². The van der Waals surface area contributed by atoms with Crippen molar-refractivity contribution < 1.29 is 9.53 Å². The first-order valence-electron chi connectivity index (χ1n) is 5.22. The molecule has 1 rings (SSSR count). The highest BCUT2D eigenvalue weighted by atomic mass is 35.5. The van der Waals surface area contributed by atoms with Gasteiger partial charge in [0, 0.05) is 12.5 Å². The van der Waals surface area contributed by atoms with Gasteiger partial charge in [-0.1, -0.05) is 6.42 Å². The average Bonchev–Trinajstić information content (AvgIpc) is 2.17. The minimum Gasteiger partial charge on any atom is -0.466 e. The molecule has 14 heavy (non-hydrogen) atoms. The van der Waals surface area contributed by atoms with E-state index < -0.39 is 0 Å². The summed E-state index contributed by atoms with van der Waals surface area (Å²) < 4.78 is 4.87. The van der Waals surface area contributed by atoms with Gasteiger partial charge >= 0.3 is 5.97 Å². The van der Waals surface area contributed by atoms with Gasteiger partial charge in [0.25, 0.3) is 0 Å². The molecule has 84 valence electrons. The Morgan fingerprint density at radius 2 is 2.29 bits per heavy atom. The zero-order valence-corrected chi connectivity index (χ0v) is 9.57. The molecule has 1 N–H and O–H groups in total. The van der Waals surface area contributed by atoms with E-state index in [4.69, 9.17) is 4.74 Å². The van der Waals surface area contributed by atoms with Crippen LogP contribution >= 0.6 is 12.4 Å². The Morgan fingerprint density at radius 3 is 2.86 bits per heavy atom. The molecule has 0 amide bonds. The number of ether oxygens (including phenoxy) is 1. The Bertz CT molecular complexity index is 158. The lowest BCUT2D eigenvalue weighted by atomic mass is 10.0. The first kappa shape index (κ1) is 13.7. The molecule has 0 saturated carbocycles. The van der Waals surface area contributed by atoms with Crippen LogP contribution in [-0.4, -0.2) is 25.2 Å². The second-order valence-corrected chi connectivity index (χ2v) is 3.49. The lowest BCUT2D eigenvalue weighted by Crippen LogP contribution is -2.34. The van der Waals surface area contributed by atoms with E-state index in [-0.39, 0.29) is 18.4 Å². The Labute approximate surface area is 92.0 Å². The number of carbonyl (C=O) groups is 1. The van der Waals surface area contributed by atoms with Crippen molar-refractivity contribution in [2.45, 2.75) is 45.1 Å². The molecule has 1 aliphatic heterocycles. The normalized spacial score (nSPS) is 21.1. The van der Waals surface area contributed by atoms with Crippen molar-refractivity contribution in [1.29, 1.82) is 0 Å². The smallest absolute Gasteiger partial charge is 0.305 e. The molecular formula is C10H20ClNO2. The van der Waals surface area contributed by atoms with Gasteiger partial charge in [0.2, 0.25) is 0 Å². The van der Waals surface area contributed by atoms with E-state index in [1.807, 2.05) is 6.92 Å². The van der Waals surface area contributed by atoms with Crippen molar-refractivity contribution >= 4 is 18.4 Å². The zero-order valence-electron chi connectivity index (χ0n) is 8.75. The molecule has 1 heterocycles. The summed E-state index contributed by atoms with van der Waals surface area (Å²) in [5.74, 6) is -0.0603. The van der Waals surface area contributed by atoms with E-state index in [1.54, 1.807) is 0 Å². The Kier molecular flexibility index (Phi) is 7.90. The molecule has 0 aromatic rings. The third-order valence-electron chi connectivity index (χ3n) is 2.41. The quantitative estimate of drug-likeness (QED) is 0.737. The van der Waals surface area contributed by atoms with Crippen LogP contribution in [-0.2, 0) is 9.53 Å². The number of carbonyl (C=O) groups excluding carboxylic acids is 1. The van der Waals surface area contributed by atoms with Gasteiger partial charge in [0.1, 0.15) is 0 Å². The van der Waals surface area contributed by atoms with Crippen LogP contribution in [0.3, 0.4) is 0 Å². The summed E-state index contributed by atoms with van der Waals surface area (Å²) in [4.78, 5) is 11.0. The number of piperidine rings is 1. The van der Waals surface area contributed by atoms with Gasteiger partial charge in [-0.05, 0) is 32.7 Å². The van der Waals surface area contributed by atoms with Crippen molar-refractivity contribution in [2.24, 2.45) is 0 Å². The SMILES string of the molecule is CCOC(=O)CCC1CCCCN1.Cl. The van der Waals surface area contributed by atoms with Crippen LogP contribution in [0.15, 0.2) is 0 Å². The largest absolute Gasteiger partial charge is 0.466 e. The molecule has 1 fully saturated rings. The summed E-state index contributed by atoms with van der Waals surface area (Å²) in [7, 11) is 0. The van der Waals surface area contributed by atoms with Crippen molar-refractivity contribution in [3.63, 3.8) is 0 Å². The molecule has 1 saturated heterocycles. The van der Waals surface area contributed by atoms with E-state index in [2.05, 4.69) is 5.32 Å². The van der Waals surface area contributed by atoms with Crippen LogP contribution in [0, 0.1) is 0 Å². The molecule has 0 bridgehead atoms. The monoisotopic (exact) mass is 221 g/mol. The summed E-state index contributed by atoms with van der Waals surface area (Å²) in [6.45, 7) is 3.45. The third-order valence-corrected chi connectivity index (χ3v) is 2.41. The number of hydrogen-bond donors (Lipinski definition) is 1. The Morgan fingerprint density at radius 1 is 1.50 bits per heavy atom. The second-order valence-electron chi connectivity index (χ2n) is 3.49. The van der Waals surface area contributed by atoms with Crippen molar-refractivity contribution in [3.8, 4) is 0 Å². The van der Waals surface area contributed by atoms with Crippen LogP contribution < -0.4 is 5.32 Å². The predicted octanol–water partition coefficient (Wildman–Crippen LogP) is 1.89. The average molecular weight is 222 g/mol. The lowest BCUT2D eigenvalue weighted by Gasteiger charge is -2.22. The number of rotatable bonds is 4. The van der Waals surface area contributed by atoms with Crippen molar-refractivity contribution in [2.75, 3.05) is 13.2 Å². The van der Waals surface area contributed by atoms with Gasteiger partial charge in [-0.15, -0.1) is 12.4 Å². The van der Waals surface area contributed by atoms with E-state index in [9.17, 15) is 4.79 Å². The summed E-state index contributed by atoms with van der Waals surface area (Å²) in [6, 6.07) is 0.540. The first-order chi connectivity index (χ1) is 6.33. The summed E-state index contributed by atoms with van der Waals surface area (Å²) in [5, 5.41) is 3.41. The Hall–Kier alpha value is -0.280. The standard InChI is InChI=1S/C10H19NO2.ClH/c1-2-13-10(12)7-6-9-5-3-4-8-11-9;/h9,11H,2-8H2,1H3;1H. The Balaban J connectivity index is 0.00000169. The van der Waals surface area contributed by atoms with Crippen LogP contribution in [0.2, 0.25) is 0 Å². The van der Waals surface area contributed by atoms with Gasteiger partial charge in [-0.2, -0.15) is 0 Å². The number of nitrogens with one attached hydrogen (secondary N) is 1. The predicted molar refractivity (Wildman–Crippen MR) is 58.8 cm³/mol. The number of esters is 1. The van der Waals surface area contributed by atoms with Crippen LogP contribution in [0.4, 0.5) is 0 Å². The third kappa shape index (κ3) is 5.45. The number of halogens is 1. The van der Waals surface area contributed by atoms with Gasteiger partial charge in [-0.25, -0.2) is 0 Å². The fraction of sp³-hybridized carbons (Fsp3) is 0.900. The highest BCUT2D eigenvalue weighted by Gasteiger charge is 2.13. The fourth-order valence-corrected chi connectivity index (χ4v) is 1.70. The molecule has 1 unspecified atom stereocenters. The van der Waals surface area contributed by atoms with E-state index in [0.29, 0.717) is 19.1 Å². The van der Waals surface area contributed by atoms with Crippen LogP contribution in [0.1, 0.15) is 39.0 Å². The highest BCUT2D eigenvalue weighted by molar-refractivity contribution is 5.85. The molecule has 1 atom stereocenters. The number of hydrogen-bond acceptors (Lipinski definition) is 3. The molecule has 1 aliphatic rings. The fourth-order valence-electron chi connectivity index (χ4n) is 1.70. The maximum absolute atomic E-state index is 11.0. The second kappa shape index (κ2) is 8.06. The van der Waals surface area contributed by atoms with Gasteiger partial charge in [-0.3, -0.25) is 4.79 Å². The van der Waals surface area contributed by atoms with Gasteiger partial charge in [0.05, 0.1) is 6.61 Å². The molecule has 3 nitrogen and oxygen atoms in total. The van der Waals surface area contributed by atoms with Crippen LogP contribution in [0.5, 0.6) is 0 Å². The van der Waals surface area contributed by atoms with Crippen molar-refractivity contribution in [1.82, 2.24) is 5.32 Å². The van der Waals surface area contributed by atoms with E-state index in [1.165, 1.54) is 19.3 Å². The zero-order chi connectivity index (χ0) is 9.52. The lowest BCUT2D eigenvalue weighted by molar-refractivity contribution is -0.143. The minimum absolute atomic E-state index is 0. The maximum atomic E-state index is 11.0.